The van der Waals surface area contributed by atoms with E-state index in [2.05, 4.69) is 19.8 Å². The van der Waals surface area contributed by atoms with Crippen molar-refractivity contribution in [1.29, 1.82) is 0 Å². The van der Waals surface area contributed by atoms with Crippen LogP contribution in [0.3, 0.4) is 0 Å². The highest BCUT2D eigenvalue weighted by atomic mass is 35.5. The molecule has 0 aliphatic carbocycles. The van der Waals surface area contributed by atoms with Crippen LogP contribution in [0, 0.1) is 5.92 Å². The zero-order valence-electron chi connectivity index (χ0n) is 15.9. The number of aliphatic hydroxyl groups excluding tert-OH is 1. The minimum Gasteiger partial charge on any atom is -0.396 e. The highest BCUT2D eigenvalue weighted by Gasteiger charge is 2.38. The molecule has 2 aromatic rings. The van der Waals surface area contributed by atoms with Crippen LogP contribution in [0.4, 0.5) is 5.95 Å². The molecule has 2 unspecified atom stereocenters. The van der Waals surface area contributed by atoms with E-state index in [0.717, 1.165) is 19.6 Å². The zero-order valence-corrected chi connectivity index (χ0v) is 17.4. The first-order valence-electron chi connectivity index (χ1n) is 9.68. The van der Waals surface area contributed by atoms with Crippen molar-refractivity contribution < 1.29 is 9.90 Å². The molecule has 3 heterocycles. The molecule has 2 aliphatic rings. The zero-order chi connectivity index (χ0) is 20.4. The number of rotatable bonds is 4. The predicted molar refractivity (Wildman–Crippen MR) is 113 cm³/mol. The van der Waals surface area contributed by atoms with Gasteiger partial charge in [-0.25, -0.2) is 9.97 Å². The van der Waals surface area contributed by atoms with Crippen LogP contribution < -0.4 is 4.90 Å². The maximum absolute atomic E-state index is 12.7. The third-order valence-electron chi connectivity index (χ3n) is 5.69. The Morgan fingerprint density at radius 1 is 1.07 bits per heavy atom. The van der Waals surface area contributed by atoms with Crippen LogP contribution in [-0.4, -0.2) is 82.7 Å². The number of aromatic nitrogens is 2. The molecule has 0 radical (unpaired) electrons. The number of amides is 1. The van der Waals surface area contributed by atoms with Crippen molar-refractivity contribution in [3.8, 4) is 0 Å². The maximum Gasteiger partial charge on any atom is 0.253 e. The van der Waals surface area contributed by atoms with E-state index in [1.165, 1.54) is 0 Å². The monoisotopic (exact) mass is 435 g/mol. The molecule has 0 bridgehead atoms. The molecule has 2 atom stereocenters. The summed E-state index contributed by atoms with van der Waals surface area (Å²) in [5, 5.41) is 10.9. The first kappa shape index (κ1) is 20.3. The number of carbonyl (C=O) groups excluding carboxylic acids is 1. The van der Waals surface area contributed by atoms with E-state index in [-0.39, 0.29) is 24.5 Å². The van der Waals surface area contributed by atoms with Crippen molar-refractivity contribution in [1.82, 2.24) is 19.8 Å². The third-order valence-corrected chi connectivity index (χ3v) is 6.16. The van der Waals surface area contributed by atoms with Crippen LogP contribution in [0.1, 0.15) is 10.4 Å². The second kappa shape index (κ2) is 8.83. The van der Waals surface area contributed by atoms with E-state index in [4.69, 9.17) is 23.2 Å². The second-order valence-electron chi connectivity index (χ2n) is 7.43. The van der Waals surface area contributed by atoms with E-state index < -0.39 is 0 Å². The van der Waals surface area contributed by atoms with Gasteiger partial charge in [0.25, 0.3) is 5.91 Å². The van der Waals surface area contributed by atoms with Gasteiger partial charge >= 0.3 is 0 Å². The molecule has 0 saturated carbocycles. The smallest absolute Gasteiger partial charge is 0.253 e. The fraction of sp³-hybridized carbons (Fsp3) is 0.450. The number of aliphatic hydroxyl groups is 1. The lowest BCUT2D eigenvalue weighted by molar-refractivity contribution is 0.0498. The predicted octanol–water partition coefficient (Wildman–Crippen LogP) is 2.04. The van der Waals surface area contributed by atoms with Gasteiger partial charge in [-0.2, -0.15) is 0 Å². The average molecular weight is 436 g/mol. The fourth-order valence-corrected chi connectivity index (χ4v) is 4.38. The molecular weight excluding hydrogens is 413 g/mol. The summed E-state index contributed by atoms with van der Waals surface area (Å²) in [6.45, 7) is 4.37. The molecule has 9 heteroatoms. The van der Waals surface area contributed by atoms with Crippen LogP contribution in [0.2, 0.25) is 10.2 Å². The van der Waals surface area contributed by atoms with Crippen molar-refractivity contribution in [3.05, 3.63) is 52.3 Å². The van der Waals surface area contributed by atoms with Gasteiger partial charge in [0, 0.05) is 74.6 Å². The quantitative estimate of drug-likeness (QED) is 0.740. The Balaban J connectivity index is 1.38. The van der Waals surface area contributed by atoms with E-state index >= 15 is 0 Å². The summed E-state index contributed by atoms with van der Waals surface area (Å²) in [7, 11) is 0. The van der Waals surface area contributed by atoms with Gasteiger partial charge in [-0.1, -0.05) is 23.2 Å². The number of halogens is 2. The molecule has 0 spiro atoms. The first-order valence-corrected chi connectivity index (χ1v) is 10.4. The molecule has 29 heavy (non-hydrogen) atoms. The average Bonchev–Trinajstić information content (AvgIpc) is 3.18. The van der Waals surface area contributed by atoms with Crippen molar-refractivity contribution in [2.75, 3.05) is 50.8 Å². The molecule has 1 N–H and O–H groups in total. The maximum atomic E-state index is 12.7. The van der Waals surface area contributed by atoms with Gasteiger partial charge in [0.2, 0.25) is 5.95 Å². The summed E-state index contributed by atoms with van der Waals surface area (Å²) < 4.78 is 0. The van der Waals surface area contributed by atoms with Gasteiger partial charge in [-0.15, -0.1) is 0 Å². The SMILES string of the molecule is O=C(c1ccc(Cl)cc1)N1CCN(C2CN(c3nccc(Cl)n3)CC2CO)CC1. The summed E-state index contributed by atoms with van der Waals surface area (Å²) in [5.74, 6) is 0.728. The van der Waals surface area contributed by atoms with E-state index in [1.54, 1.807) is 36.5 Å². The third kappa shape index (κ3) is 4.48. The van der Waals surface area contributed by atoms with Crippen molar-refractivity contribution in [3.63, 3.8) is 0 Å². The topological polar surface area (TPSA) is 72.8 Å². The molecule has 1 aromatic heterocycles. The van der Waals surface area contributed by atoms with Gasteiger partial charge in [-0.05, 0) is 30.3 Å². The second-order valence-corrected chi connectivity index (χ2v) is 8.25. The van der Waals surface area contributed by atoms with E-state index in [0.29, 0.717) is 41.3 Å². The van der Waals surface area contributed by atoms with E-state index in [1.807, 2.05) is 4.90 Å². The van der Waals surface area contributed by atoms with Crippen molar-refractivity contribution in [2.24, 2.45) is 5.92 Å². The van der Waals surface area contributed by atoms with Crippen LogP contribution in [0.15, 0.2) is 36.5 Å². The number of carbonyl (C=O) groups is 1. The Morgan fingerprint density at radius 2 is 1.79 bits per heavy atom. The molecule has 7 nitrogen and oxygen atoms in total. The summed E-state index contributed by atoms with van der Waals surface area (Å²) in [4.78, 5) is 27.6. The minimum atomic E-state index is 0.0281. The Labute approximate surface area is 179 Å². The first-order chi connectivity index (χ1) is 14.0. The van der Waals surface area contributed by atoms with Crippen LogP contribution in [0.5, 0.6) is 0 Å². The number of anilines is 1. The molecule has 154 valence electrons. The van der Waals surface area contributed by atoms with Gasteiger partial charge in [0.1, 0.15) is 5.15 Å². The molecule has 1 amide bonds. The Morgan fingerprint density at radius 3 is 2.45 bits per heavy atom. The highest BCUT2D eigenvalue weighted by molar-refractivity contribution is 6.30. The number of hydrogen-bond acceptors (Lipinski definition) is 6. The Kier molecular flexibility index (Phi) is 6.20. The lowest BCUT2D eigenvalue weighted by atomic mass is 10.0. The van der Waals surface area contributed by atoms with Gasteiger partial charge in [-0.3, -0.25) is 9.69 Å². The summed E-state index contributed by atoms with van der Waals surface area (Å²) in [6, 6.07) is 8.84. The fourth-order valence-electron chi connectivity index (χ4n) is 4.12. The van der Waals surface area contributed by atoms with Gasteiger partial charge < -0.3 is 14.9 Å². The van der Waals surface area contributed by atoms with Gasteiger partial charge in [0.05, 0.1) is 0 Å². The normalized spacial score (nSPS) is 22.9. The summed E-state index contributed by atoms with van der Waals surface area (Å²) >= 11 is 11.9. The minimum absolute atomic E-state index is 0.0281. The summed E-state index contributed by atoms with van der Waals surface area (Å²) in [6.07, 6.45) is 1.65. The van der Waals surface area contributed by atoms with Crippen LogP contribution in [-0.2, 0) is 0 Å². The standard InChI is InChI=1S/C20H23Cl2N5O2/c21-16-3-1-14(2-4-16)19(29)26-9-7-25(8-10-26)17-12-27(11-15(17)13-28)20-23-6-5-18(22)24-20/h1-6,15,17,28H,7-13H2. The number of nitrogens with zero attached hydrogens (tertiary/aromatic N) is 5. The summed E-state index contributed by atoms with van der Waals surface area (Å²) in [5.41, 5.74) is 0.654. The molecule has 2 fully saturated rings. The lowest BCUT2D eigenvalue weighted by Gasteiger charge is -2.39. The van der Waals surface area contributed by atoms with Gasteiger partial charge in [0.15, 0.2) is 0 Å². The molecule has 2 aliphatic heterocycles. The number of benzene rings is 1. The molecule has 2 saturated heterocycles. The van der Waals surface area contributed by atoms with Crippen LogP contribution >= 0.6 is 23.2 Å². The van der Waals surface area contributed by atoms with E-state index in [9.17, 15) is 9.90 Å². The largest absolute Gasteiger partial charge is 0.396 e. The highest BCUT2D eigenvalue weighted by Crippen LogP contribution is 2.26. The van der Waals surface area contributed by atoms with Crippen molar-refractivity contribution in [2.45, 2.75) is 6.04 Å². The van der Waals surface area contributed by atoms with Crippen LogP contribution in [0.25, 0.3) is 0 Å². The lowest BCUT2D eigenvalue weighted by Crippen LogP contribution is -2.54. The Hall–Kier alpha value is -1.93. The number of hydrogen-bond donors (Lipinski definition) is 1. The Bertz CT molecular complexity index is 858. The molecule has 1 aromatic carbocycles. The number of piperazine rings is 1. The van der Waals surface area contributed by atoms with Crippen molar-refractivity contribution >= 4 is 35.1 Å². The molecular formula is C20H23Cl2N5O2. The molecule has 4 rings (SSSR count).